The Morgan fingerprint density at radius 2 is 2.15 bits per heavy atom. The fourth-order valence-electron chi connectivity index (χ4n) is 1.32. The number of hydrogen-bond donors (Lipinski definition) is 2. The van der Waals surface area contributed by atoms with Crippen molar-refractivity contribution in [2.24, 2.45) is 0 Å². The fraction of sp³-hybridized carbons (Fsp3) is 0.200. The zero-order valence-electron chi connectivity index (χ0n) is 7.59. The maximum absolute atomic E-state index is 3.28. The maximum Gasteiger partial charge on any atom is 0.0221 e. The second kappa shape index (κ2) is 4.89. The number of nitrogens with one attached hydrogen (secondary N) is 2. The quantitative estimate of drug-likeness (QED) is 0.777. The van der Waals surface area contributed by atoms with E-state index in [1.807, 2.05) is 19.2 Å². The Morgan fingerprint density at radius 1 is 1.38 bits per heavy atom. The number of aromatic amines is 1. The summed E-state index contributed by atoms with van der Waals surface area (Å²) < 4.78 is 0. The van der Waals surface area contributed by atoms with E-state index in [0.29, 0.717) is 0 Å². The summed E-state index contributed by atoms with van der Waals surface area (Å²) in [6, 6.07) is 11.4. The normalized spacial score (nSPS) is 9.92. The van der Waals surface area contributed by atoms with Crippen molar-refractivity contribution < 1.29 is 32.7 Å². The van der Waals surface area contributed by atoms with Gasteiger partial charge in [0.2, 0.25) is 0 Å². The molecule has 0 aliphatic rings. The van der Waals surface area contributed by atoms with Crippen LogP contribution < -0.4 is 5.32 Å². The zero-order valence-corrected chi connectivity index (χ0v) is 10.4. The van der Waals surface area contributed by atoms with Gasteiger partial charge in [-0.05, 0) is 12.7 Å². The number of para-hydroxylation sites is 1. The van der Waals surface area contributed by atoms with Crippen LogP contribution >= 0.6 is 0 Å². The number of hydrogen-bond acceptors (Lipinski definition) is 1. The topological polar surface area (TPSA) is 27.8 Å². The summed E-state index contributed by atoms with van der Waals surface area (Å²) in [6.07, 6.45) is 0. The Kier molecular flexibility index (Phi) is 4.10. The monoisotopic (exact) mass is 248 g/mol. The Balaban J connectivity index is 0.000000845. The SMILES string of the molecule is CNCc1[c-]c2ccccc2[nH]1.[Y]. The van der Waals surface area contributed by atoms with Crippen LogP contribution in [-0.4, -0.2) is 12.0 Å². The number of benzene rings is 1. The van der Waals surface area contributed by atoms with Crippen molar-refractivity contribution in [1.29, 1.82) is 0 Å². The molecular weight excluding hydrogens is 237 g/mol. The summed E-state index contributed by atoms with van der Waals surface area (Å²) in [6.45, 7) is 0.842. The average molecular weight is 248 g/mol. The van der Waals surface area contributed by atoms with E-state index in [9.17, 15) is 0 Å². The van der Waals surface area contributed by atoms with Crippen molar-refractivity contribution in [2.75, 3.05) is 7.05 Å². The predicted molar refractivity (Wildman–Crippen MR) is 49.9 cm³/mol. The third-order valence-corrected chi connectivity index (χ3v) is 1.85. The molecule has 0 bridgehead atoms. The standard InChI is InChI=1S/C10H11N2.Y/c1-11-7-9-6-8-4-2-3-5-10(8)12-9;/h2-5,11-12H,7H2,1H3;/q-1;. The van der Waals surface area contributed by atoms with Gasteiger partial charge >= 0.3 is 0 Å². The second-order valence-electron chi connectivity index (χ2n) is 2.80. The molecule has 0 amide bonds. The fourth-order valence-corrected chi connectivity index (χ4v) is 1.32. The van der Waals surface area contributed by atoms with Gasteiger partial charge in [-0.1, -0.05) is 17.6 Å². The zero-order chi connectivity index (χ0) is 8.39. The van der Waals surface area contributed by atoms with Gasteiger partial charge in [-0.3, -0.25) is 0 Å². The van der Waals surface area contributed by atoms with Crippen molar-refractivity contribution in [3.8, 4) is 0 Å². The van der Waals surface area contributed by atoms with Crippen LogP contribution in [0, 0.1) is 6.07 Å². The first-order valence-corrected chi connectivity index (χ1v) is 4.03. The van der Waals surface area contributed by atoms with Crippen LogP contribution in [0.15, 0.2) is 24.3 Å². The third kappa shape index (κ3) is 2.40. The van der Waals surface area contributed by atoms with Gasteiger partial charge < -0.3 is 10.3 Å². The number of rotatable bonds is 2. The minimum absolute atomic E-state index is 0. The van der Waals surface area contributed by atoms with E-state index >= 15 is 0 Å². The Morgan fingerprint density at radius 3 is 2.85 bits per heavy atom. The summed E-state index contributed by atoms with van der Waals surface area (Å²) in [5, 5.41) is 4.24. The first-order chi connectivity index (χ1) is 5.90. The van der Waals surface area contributed by atoms with Gasteiger partial charge in [0.05, 0.1) is 0 Å². The minimum Gasteiger partial charge on any atom is -0.420 e. The molecule has 3 heteroatoms. The molecule has 0 aliphatic carbocycles. The summed E-state index contributed by atoms with van der Waals surface area (Å²) >= 11 is 0. The second-order valence-corrected chi connectivity index (χ2v) is 2.80. The molecule has 0 spiro atoms. The molecule has 0 atom stereocenters. The van der Waals surface area contributed by atoms with Gasteiger partial charge in [-0.15, -0.1) is 6.07 Å². The maximum atomic E-state index is 3.28. The van der Waals surface area contributed by atoms with E-state index in [4.69, 9.17) is 0 Å². The van der Waals surface area contributed by atoms with Crippen LogP contribution in [0.1, 0.15) is 5.69 Å². The van der Waals surface area contributed by atoms with Crippen LogP contribution in [-0.2, 0) is 39.3 Å². The van der Waals surface area contributed by atoms with Crippen LogP contribution in [0.2, 0.25) is 0 Å². The molecule has 1 aromatic carbocycles. The first kappa shape index (κ1) is 10.9. The predicted octanol–water partition coefficient (Wildman–Crippen LogP) is 1.68. The molecule has 0 unspecified atom stereocenters. The molecule has 1 heterocycles. The van der Waals surface area contributed by atoms with Crippen molar-refractivity contribution in [3.05, 3.63) is 36.0 Å². The molecule has 2 nitrogen and oxygen atoms in total. The van der Waals surface area contributed by atoms with E-state index < -0.39 is 0 Å². The summed E-state index contributed by atoms with van der Waals surface area (Å²) in [5.41, 5.74) is 2.27. The Hall–Kier alpha value is -0.176. The Bertz CT molecular complexity index is 348. The van der Waals surface area contributed by atoms with Gasteiger partial charge in [-0.25, -0.2) is 0 Å². The van der Waals surface area contributed by atoms with Crippen molar-refractivity contribution in [1.82, 2.24) is 10.3 Å². The number of aromatic nitrogens is 1. The molecule has 0 aliphatic heterocycles. The van der Waals surface area contributed by atoms with Crippen LogP contribution in [0.5, 0.6) is 0 Å². The largest absolute Gasteiger partial charge is 0.420 e. The van der Waals surface area contributed by atoms with Gasteiger partial charge in [-0.2, -0.15) is 17.5 Å². The van der Waals surface area contributed by atoms with E-state index in [1.54, 1.807) is 0 Å². The molecule has 2 rings (SSSR count). The van der Waals surface area contributed by atoms with E-state index in [2.05, 4.69) is 28.5 Å². The smallest absolute Gasteiger partial charge is 0.0221 e. The summed E-state index contributed by atoms with van der Waals surface area (Å²) in [7, 11) is 1.93. The van der Waals surface area contributed by atoms with Gasteiger partial charge in [0, 0.05) is 39.3 Å². The molecule has 0 saturated heterocycles. The van der Waals surface area contributed by atoms with Crippen molar-refractivity contribution in [3.63, 3.8) is 0 Å². The summed E-state index contributed by atoms with van der Waals surface area (Å²) in [5.74, 6) is 0. The minimum atomic E-state index is 0. The number of H-pyrrole nitrogens is 1. The van der Waals surface area contributed by atoms with Crippen LogP contribution in [0.3, 0.4) is 0 Å². The molecule has 1 radical (unpaired) electrons. The molecule has 65 valence electrons. The molecule has 0 fully saturated rings. The van der Waals surface area contributed by atoms with Crippen molar-refractivity contribution in [2.45, 2.75) is 6.54 Å². The number of fused-ring (bicyclic) bond motifs is 1. The third-order valence-electron chi connectivity index (χ3n) is 1.85. The molecule has 0 saturated carbocycles. The van der Waals surface area contributed by atoms with Gasteiger partial charge in [0.1, 0.15) is 0 Å². The molecule has 13 heavy (non-hydrogen) atoms. The van der Waals surface area contributed by atoms with Crippen LogP contribution in [0.25, 0.3) is 10.9 Å². The van der Waals surface area contributed by atoms with Gasteiger partial charge in [0.25, 0.3) is 0 Å². The van der Waals surface area contributed by atoms with Gasteiger partial charge in [0.15, 0.2) is 0 Å². The van der Waals surface area contributed by atoms with E-state index in [0.717, 1.165) is 23.1 Å². The first-order valence-electron chi connectivity index (χ1n) is 4.03. The molecule has 1 aromatic heterocycles. The van der Waals surface area contributed by atoms with Crippen LogP contribution in [0.4, 0.5) is 0 Å². The van der Waals surface area contributed by atoms with E-state index in [-0.39, 0.29) is 32.7 Å². The van der Waals surface area contributed by atoms with Crippen molar-refractivity contribution >= 4 is 10.9 Å². The Labute approximate surface area is 103 Å². The van der Waals surface area contributed by atoms with E-state index in [1.165, 1.54) is 0 Å². The summed E-state index contributed by atoms with van der Waals surface area (Å²) in [4.78, 5) is 3.28. The molecular formula is C10H11N2Y-. The molecule has 2 aromatic rings. The molecule has 2 N–H and O–H groups in total. The average Bonchev–Trinajstić information content (AvgIpc) is 2.47.